The van der Waals surface area contributed by atoms with Crippen LogP contribution in [0.1, 0.15) is 0 Å². The van der Waals surface area contributed by atoms with Crippen LogP contribution in [0.3, 0.4) is 0 Å². The van der Waals surface area contributed by atoms with Crippen molar-refractivity contribution in [3.05, 3.63) is 0 Å². The number of carbonyl (C=O) groups is 1. The number of rotatable bonds is 1. The van der Waals surface area contributed by atoms with E-state index in [4.69, 9.17) is 14.9 Å². The molecule has 0 amide bonds. The molecule has 0 aromatic carbocycles. The normalized spacial score (nSPS) is 11.2. The molecule has 0 radical (unpaired) electrons. The van der Waals surface area contributed by atoms with Crippen LogP contribution in [0.2, 0.25) is 0 Å². The number of carboxylic acid groups (broad SMARTS) is 1. The van der Waals surface area contributed by atoms with E-state index in [-0.39, 0.29) is 0 Å². The fourth-order valence-corrected chi connectivity index (χ4v) is 0.916. The summed E-state index contributed by atoms with van der Waals surface area (Å²) in [5.74, 6) is 0. The summed E-state index contributed by atoms with van der Waals surface area (Å²) in [6.07, 6.45) is 0. The van der Waals surface area contributed by atoms with Gasteiger partial charge in [0, 0.05) is 0 Å². The van der Waals surface area contributed by atoms with Gasteiger partial charge in [-0.05, 0) is 0 Å². The first-order valence-corrected chi connectivity index (χ1v) is 4.43. The van der Waals surface area contributed by atoms with Crippen molar-refractivity contribution < 1.29 is 24.3 Å². The minimum absolute atomic E-state index is 0.405. The third-order valence-corrected chi connectivity index (χ3v) is 1.77. The Labute approximate surface area is 48.6 Å². The first-order valence-electron chi connectivity index (χ1n) is 1.40. The minimum Gasteiger partial charge on any atom is -0.473 e. The second kappa shape index (κ2) is 2.50. The van der Waals surface area contributed by atoms with Gasteiger partial charge >= 0.3 is 12.1 Å². The van der Waals surface area contributed by atoms with Crippen LogP contribution in [0.5, 0.6) is 0 Å². The summed E-state index contributed by atoms with van der Waals surface area (Å²) in [4.78, 5) is 25.2. The topological polar surface area (TPSA) is 94.8 Å². The van der Waals surface area contributed by atoms with Crippen molar-refractivity contribution in [3.8, 4) is 0 Å². The smallest absolute Gasteiger partial charge is 0.394 e. The van der Waals surface area contributed by atoms with Crippen molar-refractivity contribution in [3.63, 3.8) is 0 Å². The van der Waals surface area contributed by atoms with Gasteiger partial charge in [-0.2, -0.15) is 0 Å². The van der Waals surface area contributed by atoms with Gasteiger partial charge in [0.15, 0.2) is 0 Å². The van der Waals surface area contributed by atoms with Gasteiger partial charge in [0.1, 0.15) is 0 Å². The summed E-state index contributed by atoms with van der Waals surface area (Å²) in [6, 6.07) is 0. The Morgan fingerprint density at radius 2 is 1.88 bits per heavy atom. The largest absolute Gasteiger partial charge is 0.473 e. The fraction of sp³-hybridized carbons (Fsp3) is 0. The molecule has 8 heavy (non-hydrogen) atoms. The lowest BCUT2D eigenvalue weighted by Crippen LogP contribution is -1.81. The molecule has 0 saturated heterocycles. The molecule has 0 bridgehead atoms. The Morgan fingerprint density at radius 3 is 1.88 bits per heavy atom. The molecule has 0 spiro atoms. The van der Waals surface area contributed by atoms with Crippen molar-refractivity contribution in [2.75, 3.05) is 0 Å². The van der Waals surface area contributed by atoms with E-state index < -0.39 is 23.5 Å². The summed E-state index contributed by atoms with van der Waals surface area (Å²) in [6.45, 7) is -4.40. The summed E-state index contributed by atoms with van der Waals surface area (Å²) in [5, 5.41) is 6.15. The maximum absolute atomic E-state index is 9.72. The predicted molar refractivity (Wildman–Crippen MR) is 27.7 cm³/mol. The second-order valence-corrected chi connectivity index (χ2v) is 4.34. The molecule has 0 aliphatic rings. The summed E-state index contributed by atoms with van der Waals surface area (Å²) >= 11 is -0.405. The van der Waals surface area contributed by atoms with Crippen molar-refractivity contribution in [1.29, 1.82) is 0 Å². The first kappa shape index (κ1) is 7.97. The zero-order valence-electron chi connectivity index (χ0n) is 3.51. The standard InChI is InChI=1S/CH3O5PS/c2-1(3)8-7(4,5)6/h(H,2,3)(H2,4,5,6). The Hall–Kier alpha value is -0.0300. The highest BCUT2D eigenvalue weighted by Gasteiger charge is 2.18. The van der Waals surface area contributed by atoms with E-state index in [1.807, 2.05) is 0 Å². The van der Waals surface area contributed by atoms with Crippen molar-refractivity contribution in [2.45, 2.75) is 0 Å². The third kappa shape index (κ3) is 5.97. The highest BCUT2D eigenvalue weighted by Crippen LogP contribution is 2.50. The molecule has 0 saturated carbocycles. The maximum Gasteiger partial charge on any atom is 0.394 e. The molecule has 0 heterocycles. The van der Waals surface area contributed by atoms with Crippen LogP contribution in [-0.2, 0) is 4.57 Å². The van der Waals surface area contributed by atoms with Gasteiger partial charge in [-0.25, -0.2) is 9.36 Å². The van der Waals surface area contributed by atoms with E-state index >= 15 is 0 Å². The molecule has 0 fully saturated rings. The average Bonchev–Trinajstić information content (AvgIpc) is 1.21. The Bertz CT molecular complexity index is 135. The van der Waals surface area contributed by atoms with E-state index in [1.165, 1.54) is 0 Å². The molecule has 7 heteroatoms. The SMILES string of the molecule is O=C(O)SP(=O)(O)O. The summed E-state index contributed by atoms with van der Waals surface area (Å²) in [5.41, 5.74) is 0. The van der Waals surface area contributed by atoms with Gasteiger partial charge in [0.05, 0.1) is 11.4 Å². The third-order valence-electron chi connectivity index (χ3n) is 0.197. The quantitative estimate of drug-likeness (QED) is 0.480. The summed E-state index contributed by atoms with van der Waals surface area (Å²) < 4.78 is 9.72. The molecule has 5 nitrogen and oxygen atoms in total. The van der Waals surface area contributed by atoms with Crippen LogP contribution < -0.4 is 0 Å². The van der Waals surface area contributed by atoms with Crippen molar-refractivity contribution in [1.82, 2.24) is 0 Å². The van der Waals surface area contributed by atoms with Crippen LogP contribution in [0.15, 0.2) is 0 Å². The van der Waals surface area contributed by atoms with Crippen LogP contribution in [-0.4, -0.2) is 20.2 Å². The Balaban J connectivity index is 3.74. The molecule has 0 aliphatic heterocycles. The molecule has 48 valence electrons. The molecule has 0 aromatic heterocycles. The molecule has 0 aliphatic carbocycles. The van der Waals surface area contributed by atoms with Crippen LogP contribution >= 0.6 is 18.2 Å². The molecular formula is CH3O5PS. The second-order valence-electron chi connectivity index (χ2n) is 0.848. The number of hydrogen-bond acceptors (Lipinski definition) is 3. The van der Waals surface area contributed by atoms with Gasteiger partial charge in [0.2, 0.25) is 0 Å². The highest BCUT2D eigenvalue weighted by molar-refractivity contribution is 8.61. The zero-order chi connectivity index (χ0) is 6.78. The van der Waals surface area contributed by atoms with E-state index in [1.54, 1.807) is 0 Å². The monoisotopic (exact) mass is 158 g/mol. The van der Waals surface area contributed by atoms with Crippen molar-refractivity contribution >= 4 is 23.5 Å². The van der Waals surface area contributed by atoms with Gasteiger partial charge < -0.3 is 14.9 Å². The van der Waals surface area contributed by atoms with Crippen LogP contribution in [0.25, 0.3) is 0 Å². The highest BCUT2D eigenvalue weighted by atomic mass is 32.7. The Morgan fingerprint density at radius 1 is 1.50 bits per heavy atom. The van der Waals surface area contributed by atoms with Crippen LogP contribution in [0.4, 0.5) is 4.79 Å². The lowest BCUT2D eigenvalue weighted by atomic mass is 11.6. The lowest BCUT2D eigenvalue weighted by molar-refractivity contribution is 0.222. The predicted octanol–water partition coefficient (Wildman–Crippen LogP) is 0.490. The molecular weight excluding hydrogens is 155 g/mol. The first-order chi connectivity index (χ1) is 3.42. The zero-order valence-corrected chi connectivity index (χ0v) is 5.22. The van der Waals surface area contributed by atoms with Crippen molar-refractivity contribution in [2.24, 2.45) is 0 Å². The number of hydrogen-bond donors (Lipinski definition) is 3. The maximum atomic E-state index is 9.72. The minimum atomic E-state index is -4.40. The fourth-order valence-electron chi connectivity index (χ4n) is 0.102. The van der Waals surface area contributed by atoms with Gasteiger partial charge in [-0.15, -0.1) is 0 Å². The van der Waals surface area contributed by atoms with E-state index in [2.05, 4.69) is 0 Å². The average molecular weight is 158 g/mol. The van der Waals surface area contributed by atoms with Gasteiger partial charge in [-0.1, -0.05) is 0 Å². The molecule has 0 aromatic rings. The lowest BCUT2D eigenvalue weighted by Gasteiger charge is -1.93. The van der Waals surface area contributed by atoms with Crippen LogP contribution in [0, 0.1) is 0 Å². The van der Waals surface area contributed by atoms with Gasteiger partial charge in [-0.3, -0.25) is 0 Å². The molecule has 0 atom stereocenters. The van der Waals surface area contributed by atoms with E-state index in [0.29, 0.717) is 0 Å². The molecule has 0 rings (SSSR count). The molecule has 3 N–H and O–H groups in total. The molecule has 0 unspecified atom stereocenters. The van der Waals surface area contributed by atoms with Gasteiger partial charge in [0.25, 0.3) is 0 Å². The van der Waals surface area contributed by atoms with E-state index in [0.717, 1.165) is 0 Å². The summed E-state index contributed by atoms with van der Waals surface area (Å²) in [7, 11) is 0. The Kier molecular flexibility index (Phi) is 2.49. The van der Waals surface area contributed by atoms with E-state index in [9.17, 15) is 9.36 Å².